The van der Waals surface area contributed by atoms with Gasteiger partial charge in [-0.05, 0) is 19.1 Å². The van der Waals surface area contributed by atoms with Crippen LogP contribution in [-0.2, 0) is 11.3 Å². The smallest absolute Gasteiger partial charge is 0.374 e. The summed E-state index contributed by atoms with van der Waals surface area (Å²) in [6.45, 7) is 1.70. The Labute approximate surface area is 116 Å². The lowest BCUT2D eigenvalue weighted by atomic mass is 10.5. The molecule has 0 aliphatic carbocycles. The van der Waals surface area contributed by atoms with E-state index in [9.17, 15) is 9.59 Å². The second-order valence-corrected chi connectivity index (χ2v) is 5.02. The van der Waals surface area contributed by atoms with Crippen LogP contribution < -0.4 is 5.56 Å². The molecule has 0 radical (unpaired) electrons. The second-order valence-electron chi connectivity index (χ2n) is 3.98. The second kappa shape index (κ2) is 4.89. The normalized spacial score (nSPS) is 10.8. The van der Waals surface area contributed by atoms with Crippen molar-refractivity contribution in [2.24, 2.45) is 0 Å². The van der Waals surface area contributed by atoms with Crippen LogP contribution in [0, 0.1) is 6.92 Å². The largest absolute Gasteiger partial charge is 0.457 e. The van der Waals surface area contributed by atoms with Gasteiger partial charge in [-0.25, -0.2) is 9.78 Å². The lowest BCUT2D eigenvalue weighted by Gasteiger charge is -1.98. The SMILES string of the molecule is Cc1cc(=O)n2nc(COC(=O)c3ccco3)sc2n1. The van der Waals surface area contributed by atoms with Crippen LogP contribution in [0.3, 0.4) is 0 Å². The third kappa shape index (κ3) is 2.32. The van der Waals surface area contributed by atoms with E-state index in [1.165, 1.54) is 34.2 Å². The zero-order chi connectivity index (χ0) is 14.1. The Kier molecular flexibility index (Phi) is 3.07. The number of carbonyl (C=O) groups excluding carboxylic acids is 1. The van der Waals surface area contributed by atoms with Crippen molar-refractivity contribution in [3.8, 4) is 0 Å². The zero-order valence-electron chi connectivity index (χ0n) is 10.4. The number of furan rings is 1. The van der Waals surface area contributed by atoms with Crippen molar-refractivity contribution in [1.29, 1.82) is 0 Å². The average Bonchev–Trinajstić information content (AvgIpc) is 3.04. The Morgan fingerprint density at radius 1 is 1.55 bits per heavy atom. The summed E-state index contributed by atoms with van der Waals surface area (Å²) in [4.78, 5) is 27.9. The van der Waals surface area contributed by atoms with Crippen LogP contribution in [0.5, 0.6) is 0 Å². The summed E-state index contributed by atoms with van der Waals surface area (Å²) in [7, 11) is 0. The lowest BCUT2D eigenvalue weighted by Crippen LogP contribution is -2.14. The molecule has 0 unspecified atom stereocenters. The molecule has 20 heavy (non-hydrogen) atoms. The first kappa shape index (κ1) is 12.5. The van der Waals surface area contributed by atoms with Gasteiger partial charge in [0.2, 0.25) is 10.7 Å². The zero-order valence-corrected chi connectivity index (χ0v) is 11.2. The van der Waals surface area contributed by atoms with Crippen LogP contribution in [0.25, 0.3) is 4.96 Å². The van der Waals surface area contributed by atoms with Crippen molar-refractivity contribution in [1.82, 2.24) is 14.6 Å². The minimum Gasteiger partial charge on any atom is -0.457 e. The molecule has 8 heteroatoms. The Morgan fingerprint density at radius 2 is 2.40 bits per heavy atom. The number of hydrogen-bond acceptors (Lipinski definition) is 7. The van der Waals surface area contributed by atoms with Gasteiger partial charge < -0.3 is 9.15 Å². The predicted molar refractivity (Wildman–Crippen MR) is 69.7 cm³/mol. The topological polar surface area (TPSA) is 86.7 Å². The lowest BCUT2D eigenvalue weighted by molar-refractivity contribution is 0.0435. The van der Waals surface area contributed by atoms with E-state index in [1.807, 2.05) is 0 Å². The van der Waals surface area contributed by atoms with E-state index in [-0.39, 0.29) is 17.9 Å². The van der Waals surface area contributed by atoms with Gasteiger partial charge in [0.05, 0.1) is 6.26 Å². The third-order valence-electron chi connectivity index (χ3n) is 2.46. The van der Waals surface area contributed by atoms with Gasteiger partial charge >= 0.3 is 5.97 Å². The minimum absolute atomic E-state index is 0.0357. The highest BCUT2D eigenvalue weighted by atomic mass is 32.1. The molecule has 3 aromatic heterocycles. The number of hydrogen-bond donors (Lipinski definition) is 0. The maximum atomic E-state index is 11.7. The fourth-order valence-corrected chi connectivity index (χ4v) is 2.47. The van der Waals surface area contributed by atoms with Gasteiger partial charge in [-0.1, -0.05) is 11.3 Å². The molecule has 0 fully saturated rings. The summed E-state index contributed by atoms with van der Waals surface area (Å²) < 4.78 is 11.2. The minimum atomic E-state index is -0.578. The maximum Gasteiger partial charge on any atom is 0.374 e. The summed E-state index contributed by atoms with van der Waals surface area (Å²) >= 11 is 1.20. The van der Waals surface area contributed by atoms with Gasteiger partial charge in [-0.2, -0.15) is 9.61 Å². The molecular weight excluding hydrogens is 282 g/mol. The van der Waals surface area contributed by atoms with Crippen molar-refractivity contribution < 1.29 is 13.9 Å². The van der Waals surface area contributed by atoms with Crippen LogP contribution in [0.1, 0.15) is 21.3 Å². The van der Waals surface area contributed by atoms with E-state index in [2.05, 4.69) is 10.1 Å². The van der Waals surface area contributed by atoms with Crippen LogP contribution in [-0.4, -0.2) is 20.6 Å². The highest BCUT2D eigenvalue weighted by Gasteiger charge is 2.13. The van der Waals surface area contributed by atoms with Gasteiger partial charge in [0.1, 0.15) is 6.61 Å². The number of ether oxygens (including phenoxy) is 1. The van der Waals surface area contributed by atoms with Crippen LogP contribution in [0.4, 0.5) is 0 Å². The first-order valence-corrected chi connectivity index (χ1v) is 6.52. The summed E-state index contributed by atoms with van der Waals surface area (Å²) in [5, 5.41) is 4.55. The molecule has 0 aromatic carbocycles. The molecule has 7 nitrogen and oxygen atoms in total. The molecule has 0 aliphatic heterocycles. The predicted octanol–water partition coefficient (Wildman–Crippen LogP) is 1.41. The van der Waals surface area contributed by atoms with Gasteiger partial charge in [0, 0.05) is 11.8 Å². The molecule has 102 valence electrons. The molecule has 3 rings (SSSR count). The highest BCUT2D eigenvalue weighted by molar-refractivity contribution is 7.16. The summed E-state index contributed by atoms with van der Waals surface area (Å²) in [6.07, 6.45) is 1.39. The Morgan fingerprint density at radius 3 is 3.15 bits per heavy atom. The molecule has 0 amide bonds. The Balaban J connectivity index is 1.80. The Hall–Kier alpha value is -2.48. The Bertz CT molecular complexity index is 819. The number of rotatable bonds is 3. The summed E-state index contributed by atoms with van der Waals surface area (Å²) in [6, 6.07) is 4.50. The van der Waals surface area contributed by atoms with E-state index in [4.69, 9.17) is 9.15 Å². The van der Waals surface area contributed by atoms with Crippen molar-refractivity contribution in [3.05, 3.63) is 51.3 Å². The van der Waals surface area contributed by atoms with E-state index in [0.717, 1.165) is 0 Å². The third-order valence-corrected chi connectivity index (χ3v) is 3.35. The standard InChI is InChI=1S/C12H9N3O4S/c1-7-5-10(16)15-12(13-7)20-9(14-15)6-19-11(17)8-3-2-4-18-8/h2-5H,6H2,1H3. The fourth-order valence-electron chi connectivity index (χ4n) is 1.61. The first-order valence-electron chi connectivity index (χ1n) is 5.70. The van der Waals surface area contributed by atoms with Crippen LogP contribution in [0.15, 0.2) is 33.7 Å². The maximum absolute atomic E-state index is 11.7. The van der Waals surface area contributed by atoms with Crippen molar-refractivity contribution >= 4 is 22.3 Å². The van der Waals surface area contributed by atoms with Crippen molar-refractivity contribution in [2.45, 2.75) is 13.5 Å². The first-order chi connectivity index (χ1) is 9.63. The van der Waals surface area contributed by atoms with E-state index in [1.54, 1.807) is 13.0 Å². The monoisotopic (exact) mass is 291 g/mol. The van der Waals surface area contributed by atoms with Gasteiger partial charge in [-0.15, -0.1) is 0 Å². The summed E-state index contributed by atoms with van der Waals surface area (Å²) in [5.74, 6) is -0.456. The van der Waals surface area contributed by atoms with Gasteiger partial charge in [-0.3, -0.25) is 4.79 Å². The highest BCUT2D eigenvalue weighted by Crippen LogP contribution is 2.13. The average molecular weight is 291 g/mol. The molecule has 0 saturated heterocycles. The number of aryl methyl sites for hydroxylation is 1. The number of aromatic nitrogens is 3. The molecule has 0 aliphatic rings. The molecule has 3 heterocycles. The fraction of sp³-hybridized carbons (Fsp3) is 0.167. The van der Waals surface area contributed by atoms with Gasteiger partial charge in [0.25, 0.3) is 5.56 Å². The van der Waals surface area contributed by atoms with E-state index >= 15 is 0 Å². The van der Waals surface area contributed by atoms with E-state index in [0.29, 0.717) is 15.7 Å². The molecule has 3 aromatic rings. The van der Waals surface area contributed by atoms with Crippen molar-refractivity contribution in [3.63, 3.8) is 0 Å². The van der Waals surface area contributed by atoms with Crippen molar-refractivity contribution in [2.75, 3.05) is 0 Å². The molecule has 0 saturated carbocycles. The number of carbonyl (C=O) groups is 1. The van der Waals surface area contributed by atoms with Crippen LogP contribution >= 0.6 is 11.3 Å². The molecule has 0 atom stereocenters. The summed E-state index contributed by atoms with van der Waals surface area (Å²) in [5.41, 5.74) is 0.366. The number of esters is 1. The van der Waals surface area contributed by atoms with E-state index < -0.39 is 5.97 Å². The van der Waals surface area contributed by atoms with Gasteiger partial charge in [0.15, 0.2) is 5.01 Å². The molecular formula is C12H9N3O4S. The molecule has 0 bridgehead atoms. The van der Waals surface area contributed by atoms with Crippen LogP contribution in [0.2, 0.25) is 0 Å². The number of nitrogens with zero attached hydrogens (tertiary/aromatic N) is 3. The molecule has 0 N–H and O–H groups in total. The number of fused-ring (bicyclic) bond motifs is 1. The quantitative estimate of drug-likeness (QED) is 0.678. The molecule has 0 spiro atoms.